The van der Waals surface area contributed by atoms with E-state index in [1.807, 2.05) is 0 Å². The fraction of sp³-hybridized carbons (Fsp3) is 0.538. The third-order valence-corrected chi connectivity index (χ3v) is 4.76. The first-order valence-corrected chi connectivity index (χ1v) is 7.51. The molecule has 0 spiro atoms. The van der Waals surface area contributed by atoms with Crippen LogP contribution in [0.5, 0.6) is 0 Å². The van der Waals surface area contributed by atoms with Gasteiger partial charge < -0.3 is 10.7 Å². The second kappa shape index (κ2) is 5.77. The third-order valence-electron chi connectivity index (χ3n) is 3.38. The Bertz CT molecular complexity index is 534. The summed E-state index contributed by atoms with van der Waals surface area (Å²) in [6.45, 7) is 1.62. The van der Waals surface area contributed by atoms with Crippen LogP contribution in [0.3, 0.4) is 0 Å². The molecular formula is C13H15ClF2N2OS. The van der Waals surface area contributed by atoms with Crippen molar-refractivity contribution in [2.45, 2.75) is 44.6 Å². The second-order valence-electron chi connectivity index (χ2n) is 5.03. The van der Waals surface area contributed by atoms with Crippen molar-refractivity contribution in [2.24, 2.45) is 0 Å². The monoisotopic (exact) mass is 320 g/mol. The van der Waals surface area contributed by atoms with Gasteiger partial charge in [0.1, 0.15) is 0 Å². The van der Waals surface area contributed by atoms with Crippen molar-refractivity contribution >= 4 is 38.9 Å². The lowest BCUT2D eigenvalue weighted by Crippen LogP contribution is -2.32. The van der Waals surface area contributed by atoms with Crippen molar-refractivity contribution in [1.82, 2.24) is 0 Å². The van der Waals surface area contributed by atoms with Crippen molar-refractivity contribution in [3.63, 3.8) is 0 Å². The van der Waals surface area contributed by atoms with E-state index in [0.717, 1.165) is 0 Å². The Morgan fingerprint density at radius 3 is 2.60 bits per heavy atom. The minimum absolute atomic E-state index is 0.0512. The molecule has 1 aliphatic carbocycles. The molecule has 2 N–H and O–H groups in total. The van der Waals surface area contributed by atoms with Crippen LogP contribution in [-0.2, 0) is 0 Å². The molecule has 0 aromatic carbocycles. The summed E-state index contributed by atoms with van der Waals surface area (Å²) in [6.07, 6.45) is 0.504. The third kappa shape index (κ3) is 3.55. The van der Waals surface area contributed by atoms with Crippen LogP contribution in [0.25, 0.3) is 0 Å². The van der Waals surface area contributed by atoms with Crippen LogP contribution < -0.4 is 5.32 Å². The summed E-state index contributed by atoms with van der Waals surface area (Å²) in [5.41, 5.74) is 0.922. The number of anilines is 1. The van der Waals surface area contributed by atoms with E-state index >= 15 is 0 Å². The van der Waals surface area contributed by atoms with Gasteiger partial charge in [-0.3, -0.25) is 4.79 Å². The lowest BCUT2D eigenvalue weighted by atomic mass is 9.92. The number of rotatable bonds is 4. The largest absolute Gasteiger partial charge is 0.374 e. The molecule has 0 aliphatic heterocycles. The number of carbonyl (C=O) groups excluding carboxylic acids is 1. The number of carbonyl (C=O) groups is 1. The molecule has 1 heterocycles. The summed E-state index contributed by atoms with van der Waals surface area (Å²) in [4.78, 5) is 11.5. The number of halogens is 3. The zero-order chi connectivity index (χ0) is 14.9. The number of nitrogens with one attached hydrogen (secondary N) is 2. The van der Waals surface area contributed by atoms with Crippen molar-refractivity contribution < 1.29 is 13.6 Å². The zero-order valence-electron chi connectivity index (χ0n) is 10.9. The summed E-state index contributed by atoms with van der Waals surface area (Å²) in [5.74, 6) is -2.56. The lowest BCUT2D eigenvalue weighted by molar-refractivity contribution is -0.0360. The quantitative estimate of drug-likeness (QED) is 0.633. The Balaban J connectivity index is 2.13. The van der Waals surface area contributed by atoms with Crippen molar-refractivity contribution in [1.29, 1.82) is 5.41 Å². The highest BCUT2D eigenvalue weighted by molar-refractivity contribution is 7.19. The molecule has 0 radical (unpaired) electrons. The van der Waals surface area contributed by atoms with E-state index < -0.39 is 11.2 Å². The Morgan fingerprint density at radius 1 is 1.50 bits per heavy atom. The molecule has 1 aromatic rings. The van der Waals surface area contributed by atoms with Crippen LogP contribution in [-0.4, -0.2) is 22.9 Å². The highest BCUT2D eigenvalue weighted by atomic mass is 35.5. The average Bonchev–Trinajstić information content (AvgIpc) is 2.76. The van der Waals surface area contributed by atoms with Gasteiger partial charge in [0.15, 0.2) is 0 Å². The number of hydrogen-bond acceptors (Lipinski definition) is 4. The lowest BCUT2D eigenvalue weighted by Gasteiger charge is -2.29. The molecule has 0 amide bonds. The summed E-state index contributed by atoms with van der Waals surface area (Å²) >= 11 is 6.62. The number of alkyl halides is 2. The molecule has 3 nitrogen and oxygen atoms in total. The van der Waals surface area contributed by atoms with Crippen LogP contribution in [0, 0.1) is 5.41 Å². The van der Waals surface area contributed by atoms with Gasteiger partial charge in [-0.1, -0.05) is 0 Å². The minimum atomic E-state index is -2.56. The molecule has 110 valence electrons. The molecule has 0 saturated heterocycles. The van der Waals surface area contributed by atoms with Gasteiger partial charge in [-0.05, 0) is 37.4 Å². The Hall–Kier alpha value is -1.01. The molecule has 1 aromatic heterocycles. The maximum Gasteiger partial charge on any atom is 0.262 e. The molecule has 7 heteroatoms. The topological polar surface area (TPSA) is 53.0 Å². The second-order valence-corrected chi connectivity index (χ2v) is 6.42. The normalized spacial score (nSPS) is 18.8. The predicted octanol–water partition coefficient (Wildman–Crippen LogP) is 4.50. The van der Waals surface area contributed by atoms with Gasteiger partial charge >= 0.3 is 0 Å². The molecule has 0 unspecified atom stereocenters. The Kier molecular flexibility index (Phi) is 4.44. The van der Waals surface area contributed by atoms with Gasteiger partial charge in [0.2, 0.25) is 5.92 Å². The van der Waals surface area contributed by atoms with Crippen LogP contribution in [0.4, 0.5) is 13.8 Å². The fourth-order valence-corrected chi connectivity index (χ4v) is 3.44. The van der Waals surface area contributed by atoms with Crippen molar-refractivity contribution in [3.05, 3.63) is 16.5 Å². The van der Waals surface area contributed by atoms with Gasteiger partial charge in [-0.15, -0.1) is 11.3 Å². The summed E-state index contributed by atoms with van der Waals surface area (Å²) in [7, 11) is 0. The molecule has 0 bridgehead atoms. The van der Waals surface area contributed by atoms with Gasteiger partial charge in [0.25, 0.3) is 5.24 Å². The number of hydrogen-bond donors (Lipinski definition) is 2. The van der Waals surface area contributed by atoms with Crippen LogP contribution in [0.2, 0.25) is 0 Å². The van der Waals surface area contributed by atoms with Crippen LogP contribution in [0.15, 0.2) is 6.07 Å². The Morgan fingerprint density at radius 2 is 2.10 bits per heavy atom. The average molecular weight is 321 g/mol. The first kappa shape index (κ1) is 15.4. The van der Waals surface area contributed by atoms with Gasteiger partial charge in [0.05, 0.1) is 9.88 Å². The number of thiophene rings is 1. The predicted molar refractivity (Wildman–Crippen MR) is 77.8 cm³/mol. The zero-order valence-corrected chi connectivity index (χ0v) is 12.5. The van der Waals surface area contributed by atoms with E-state index in [4.69, 9.17) is 17.0 Å². The van der Waals surface area contributed by atoms with E-state index in [2.05, 4.69) is 5.32 Å². The van der Waals surface area contributed by atoms with Gasteiger partial charge in [-0.2, -0.15) is 0 Å². The molecule has 20 heavy (non-hydrogen) atoms. The maximum atomic E-state index is 13.1. The summed E-state index contributed by atoms with van der Waals surface area (Å²) in [6, 6.07) is 1.52. The highest BCUT2D eigenvalue weighted by Gasteiger charge is 2.35. The van der Waals surface area contributed by atoms with Gasteiger partial charge in [0, 0.05) is 30.2 Å². The van der Waals surface area contributed by atoms with E-state index in [0.29, 0.717) is 34.0 Å². The van der Waals surface area contributed by atoms with E-state index in [1.54, 1.807) is 13.0 Å². The fourth-order valence-electron chi connectivity index (χ4n) is 2.24. The minimum Gasteiger partial charge on any atom is -0.374 e. The molecular weight excluding hydrogens is 306 g/mol. The summed E-state index contributed by atoms with van der Waals surface area (Å²) in [5, 5.41) is 11.0. The van der Waals surface area contributed by atoms with Crippen LogP contribution in [0.1, 0.15) is 47.8 Å². The highest BCUT2D eigenvalue weighted by Crippen LogP contribution is 2.36. The summed E-state index contributed by atoms with van der Waals surface area (Å²) < 4.78 is 26.2. The molecule has 2 rings (SSSR count). The van der Waals surface area contributed by atoms with E-state index in [9.17, 15) is 13.6 Å². The first-order valence-electron chi connectivity index (χ1n) is 6.32. The van der Waals surface area contributed by atoms with E-state index in [1.165, 1.54) is 11.3 Å². The maximum absolute atomic E-state index is 13.1. The molecule has 0 atom stereocenters. The van der Waals surface area contributed by atoms with Gasteiger partial charge in [-0.25, -0.2) is 8.78 Å². The van der Waals surface area contributed by atoms with Crippen molar-refractivity contribution in [3.8, 4) is 0 Å². The van der Waals surface area contributed by atoms with Crippen molar-refractivity contribution in [2.75, 3.05) is 5.32 Å². The molecule has 1 saturated carbocycles. The molecule has 1 fully saturated rings. The van der Waals surface area contributed by atoms with E-state index in [-0.39, 0.29) is 18.9 Å². The standard InChI is InChI=1S/C13H15ClF2N2OS/c1-7(17)9-6-10(11(14)19)20-12(9)18-8-2-4-13(15,16)5-3-8/h6,8,17-18H,2-5H2,1H3. The first-order chi connectivity index (χ1) is 9.28. The molecule has 1 aliphatic rings. The smallest absolute Gasteiger partial charge is 0.262 e. The Labute approximate surface area is 124 Å². The van der Waals surface area contributed by atoms with Crippen LogP contribution >= 0.6 is 22.9 Å². The SMILES string of the molecule is CC(=N)c1cc(C(=O)Cl)sc1NC1CCC(F)(F)CC1.